The van der Waals surface area contributed by atoms with Gasteiger partial charge in [-0.1, -0.05) is 207 Å². The van der Waals surface area contributed by atoms with Gasteiger partial charge in [-0.25, -0.2) is 4.79 Å². The number of hydrogen-bond acceptors (Lipinski definition) is 5. The standard InChI is InChI=1S/C18H21NO.C15H21NO2.C14H19NO.C12H21NO.C8H16.C7H8/c1-2-14-9-11-19(12-10-14)18(20)17-8-7-15-5-3-4-6-16(15)13-17;1-3-13-8-10-16(11-9-13)15(17)18-14-6-4-12(2)5-7-14;1-2-12-8-10-15(11-9-12)14(16)13-6-4-3-5-7-13;1-2-10-6-8-13(9-7-10)12(14)11-4-3-5-11;1-2-8-6-4-3-5-7-8;1-7-5-3-2-4-6-7/h3-8,13-14H,2,9-12H2,1H3;4-7,13H,3,8-11H2,1-2H3;3-7,12H,2,8-11H2,1H3;10-11H,2-9H2,1H3;8H,2-7H2,1H3;2-6H,1H3. The molecule has 6 fully saturated rings. The van der Waals surface area contributed by atoms with Crippen LogP contribution in [0, 0.1) is 49.4 Å². The van der Waals surface area contributed by atoms with E-state index in [0.29, 0.717) is 17.6 Å². The van der Waals surface area contributed by atoms with Crippen LogP contribution < -0.4 is 4.74 Å². The fourth-order valence-corrected chi connectivity index (χ4v) is 12.3. The molecule has 5 aromatic carbocycles. The first kappa shape index (κ1) is 66.2. The van der Waals surface area contributed by atoms with Crippen LogP contribution in [0.3, 0.4) is 0 Å². The molecular formula is C74H106N4O5. The third-order valence-electron chi connectivity index (χ3n) is 18.9. The molecule has 0 spiro atoms. The van der Waals surface area contributed by atoms with Crippen LogP contribution in [0.15, 0.2) is 127 Å². The molecule has 452 valence electrons. The maximum Gasteiger partial charge on any atom is 0.415 e. The quantitative estimate of drug-likeness (QED) is 0.147. The molecule has 0 unspecified atom stereocenters. The Bertz CT molecular complexity index is 2600. The van der Waals surface area contributed by atoms with Gasteiger partial charge in [0, 0.05) is 69.4 Å². The van der Waals surface area contributed by atoms with Crippen LogP contribution in [-0.2, 0) is 4.79 Å². The van der Waals surface area contributed by atoms with Gasteiger partial charge in [0.05, 0.1) is 0 Å². The van der Waals surface area contributed by atoms with Gasteiger partial charge in [0.1, 0.15) is 5.75 Å². The van der Waals surface area contributed by atoms with E-state index in [2.05, 4.69) is 70.7 Å². The molecule has 5 aromatic rings. The van der Waals surface area contributed by atoms with E-state index in [-0.39, 0.29) is 17.9 Å². The van der Waals surface area contributed by atoms with Crippen molar-refractivity contribution in [1.82, 2.24) is 19.6 Å². The molecule has 0 radical (unpaired) electrons. The topological polar surface area (TPSA) is 90.5 Å². The molecule has 2 saturated carbocycles. The number of rotatable bonds is 9. The van der Waals surface area contributed by atoms with Gasteiger partial charge in [0.15, 0.2) is 0 Å². The summed E-state index contributed by atoms with van der Waals surface area (Å²) in [7, 11) is 0. The highest BCUT2D eigenvalue weighted by molar-refractivity contribution is 5.98. The zero-order valence-electron chi connectivity index (χ0n) is 52.4. The Balaban J connectivity index is 0.000000165. The summed E-state index contributed by atoms with van der Waals surface area (Å²) in [6.45, 7) is 22.7. The summed E-state index contributed by atoms with van der Waals surface area (Å²) in [6, 6.07) is 41.6. The third kappa shape index (κ3) is 22.5. The SMILES string of the molecule is CCC1CCCCC1.CCC1CCN(C(=O)C2CCC2)CC1.CCC1CCN(C(=O)Oc2ccc(C)cc2)CC1.CCC1CCN(C(=O)c2ccc3ccccc3c2)CC1.CCC1CCN(C(=O)c2ccccc2)CC1.Cc1ccccc1. The molecule has 0 N–H and O–H groups in total. The van der Waals surface area contributed by atoms with Gasteiger partial charge in [-0.15, -0.1) is 0 Å². The van der Waals surface area contributed by atoms with Crippen LogP contribution in [0.25, 0.3) is 10.8 Å². The number of nitrogens with zero attached hydrogens (tertiary/aromatic N) is 4. The number of carbonyl (C=O) groups is 4. The monoisotopic (exact) mass is 1130 g/mol. The average Bonchev–Trinajstić information content (AvgIpc) is 3.55. The van der Waals surface area contributed by atoms with E-state index < -0.39 is 0 Å². The number of amides is 4. The molecule has 4 amide bonds. The fourth-order valence-electron chi connectivity index (χ4n) is 12.3. The highest BCUT2D eigenvalue weighted by Crippen LogP contribution is 2.31. The van der Waals surface area contributed by atoms with E-state index in [0.717, 1.165) is 150 Å². The van der Waals surface area contributed by atoms with Crippen molar-refractivity contribution >= 4 is 34.6 Å². The van der Waals surface area contributed by atoms with Gasteiger partial charge >= 0.3 is 6.09 Å². The first-order chi connectivity index (χ1) is 40.4. The Hall–Kier alpha value is -5.96. The highest BCUT2D eigenvalue weighted by Gasteiger charge is 2.31. The number of piperidine rings is 4. The van der Waals surface area contributed by atoms with Crippen molar-refractivity contribution in [2.75, 3.05) is 52.4 Å². The minimum atomic E-state index is -0.214. The van der Waals surface area contributed by atoms with Crippen LogP contribution in [0.1, 0.15) is 201 Å². The summed E-state index contributed by atoms with van der Waals surface area (Å²) in [6.07, 6.45) is 26.5. The molecule has 9 nitrogen and oxygen atoms in total. The molecule has 83 heavy (non-hydrogen) atoms. The normalized spacial score (nSPS) is 18.2. The lowest BCUT2D eigenvalue weighted by Crippen LogP contribution is -2.43. The smallest absolute Gasteiger partial charge is 0.410 e. The predicted molar refractivity (Wildman–Crippen MR) is 345 cm³/mol. The Labute approximate surface area is 502 Å². The van der Waals surface area contributed by atoms with E-state index in [1.54, 1.807) is 0 Å². The molecule has 4 aliphatic heterocycles. The van der Waals surface area contributed by atoms with Gasteiger partial charge in [-0.2, -0.15) is 0 Å². The number of ether oxygens (including phenoxy) is 1. The lowest BCUT2D eigenvalue weighted by Gasteiger charge is -2.36. The minimum Gasteiger partial charge on any atom is -0.410 e. The van der Waals surface area contributed by atoms with Gasteiger partial charge in [0.25, 0.3) is 11.8 Å². The van der Waals surface area contributed by atoms with Crippen molar-refractivity contribution in [3.8, 4) is 5.75 Å². The van der Waals surface area contributed by atoms with Crippen LogP contribution in [-0.4, -0.2) is 95.8 Å². The number of benzene rings is 5. The van der Waals surface area contributed by atoms with Crippen molar-refractivity contribution in [2.24, 2.45) is 35.5 Å². The molecule has 6 aliphatic rings. The molecule has 0 atom stereocenters. The van der Waals surface area contributed by atoms with E-state index >= 15 is 0 Å². The average molecular weight is 1130 g/mol. The highest BCUT2D eigenvalue weighted by atomic mass is 16.6. The second-order valence-corrected chi connectivity index (χ2v) is 24.6. The summed E-state index contributed by atoms with van der Waals surface area (Å²) in [5.41, 5.74) is 4.12. The zero-order chi connectivity index (χ0) is 59.2. The summed E-state index contributed by atoms with van der Waals surface area (Å²) >= 11 is 0. The third-order valence-corrected chi connectivity index (χ3v) is 18.9. The first-order valence-corrected chi connectivity index (χ1v) is 32.9. The first-order valence-electron chi connectivity index (χ1n) is 32.9. The predicted octanol–water partition coefficient (Wildman–Crippen LogP) is 18.1. The van der Waals surface area contributed by atoms with Crippen LogP contribution >= 0.6 is 0 Å². The van der Waals surface area contributed by atoms with Crippen molar-refractivity contribution in [3.63, 3.8) is 0 Å². The van der Waals surface area contributed by atoms with Gasteiger partial charge in [-0.3, -0.25) is 14.4 Å². The maximum atomic E-state index is 12.6. The van der Waals surface area contributed by atoms with Crippen molar-refractivity contribution in [3.05, 3.63) is 150 Å². The fraction of sp³-hybridized carbons (Fsp3) is 0.568. The second-order valence-electron chi connectivity index (χ2n) is 24.6. The Kier molecular flexibility index (Phi) is 29.3. The molecule has 2 aliphatic carbocycles. The van der Waals surface area contributed by atoms with Gasteiger partial charge < -0.3 is 24.3 Å². The van der Waals surface area contributed by atoms with Crippen LogP contribution in [0.4, 0.5) is 4.79 Å². The molecule has 4 heterocycles. The van der Waals surface area contributed by atoms with E-state index in [4.69, 9.17) is 4.74 Å². The molecule has 11 rings (SSSR count). The largest absolute Gasteiger partial charge is 0.415 e. The zero-order valence-corrected chi connectivity index (χ0v) is 52.4. The maximum absolute atomic E-state index is 12.6. The minimum absolute atomic E-state index is 0.185. The van der Waals surface area contributed by atoms with E-state index in [1.165, 1.54) is 100.0 Å². The van der Waals surface area contributed by atoms with Crippen molar-refractivity contribution in [2.45, 2.75) is 183 Å². The van der Waals surface area contributed by atoms with E-state index in [9.17, 15) is 19.2 Å². The lowest BCUT2D eigenvalue weighted by atomic mass is 9.83. The number of aryl methyl sites for hydroxylation is 2. The van der Waals surface area contributed by atoms with Gasteiger partial charge in [-0.05, 0) is 155 Å². The molecule has 0 bridgehead atoms. The molecule has 9 heteroatoms. The van der Waals surface area contributed by atoms with Crippen molar-refractivity contribution in [1.29, 1.82) is 0 Å². The lowest BCUT2D eigenvalue weighted by molar-refractivity contribution is -0.139. The van der Waals surface area contributed by atoms with Crippen LogP contribution in [0.5, 0.6) is 5.75 Å². The summed E-state index contributed by atoms with van der Waals surface area (Å²) in [5.74, 6) is 6.20. The Morgan fingerprint density at radius 1 is 0.373 bits per heavy atom. The molecule has 4 saturated heterocycles. The second kappa shape index (κ2) is 36.7. The number of carbonyl (C=O) groups excluding carboxylic acids is 4. The Morgan fingerprint density at radius 2 is 0.771 bits per heavy atom. The summed E-state index contributed by atoms with van der Waals surface area (Å²) in [4.78, 5) is 56.5. The summed E-state index contributed by atoms with van der Waals surface area (Å²) in [5, 5.41) is 2.33. The number of hydrogen-bond donors (Lipinski definition) is 0. The number of fused-ring (bicyclic) bond motifs is 1. The van der Waals surface area contributed by atoms with Gasteiger partial charge in [0.2, 0.25) is 5.91 Å². The van der Waals surface area contributed by atoms with Crippen LogP contribution in [0.2, 0.25) is 0 Å². The Morgan fingerprint density at radius 3 is 1.19 bits per heavy atom. The van der Waals surface area contributed by atoms with Crippen molar-refractivity contribution < 1.29 is 23.9 Å². The van der Waals surface area contributed by atoms with E-state index in [1.807, 2.05) is 125 Å². The number of likely N-dealkylation sites (tertiary alicyclic amines) is 4. The molecular weight excluding hydrogens is 1020 g/mol. The molecule has 0 aromatic heterocycles. The summed E-state index contributed by atoms with van der Waals surface area (Å²) < 4.78 is 5.36.